The number of aliphatic carboxylic acids is 2. The molecule has 1 rings (SSSR count). The first kappa shape index (κ1) is 17.7. The van der Waals surface area contributed by atoms with Gasteiger partial charge in [0.1, 0.15) is 0 Å². The summed E-state index contributed by atoms with van der Waals surface area (Å²) in [5.74, 6) is -2.69. The molecule has 0 heterocycles. The summed E-state index contributed by atoms with van der Waals surface area (Å²) in [6.45, 7) is 4.84. The van der Waals surface area contributed by atoms with Crippen molar-refractivity contribution in [2.24, 2.45) is 5.41 Å². The topological polar surface area (TPSA) is 74.6 Å². The summed E-state index contributed by atoms with van der Waals surface area (Å²) in [4.78, 5) is 23.1. The van der Waals surface area contributed by atoms with E-state index in [-0.39, 0.29) is 57.3 Å². The molecule has 0 aliphatic carbocycles. The average Bonchev–Trinajstić information content (AvgIpc) is 2.16. The third kappa shape index (κ3) is 2.83. The first-order valence-electron chi connectivity index (χ1n) is 5.27. The van der Waals surface area contributed by atoms with E-state index >= 15 is 0 Å². The van der Waals surface area contributed by atoms with Gasteiger partial charge in [0.2, 0.25) is 0 Å². The van der Waals surface area contributed by atoms with Crippen LogP contribution in [0.1, 0.15) is 29.2 Å². The van der Waals surface area contributed by atoms with Crippen LogP contribution in [0.15, 0.2) is 30.3 Å². The van der Waals surface area contributed by atoms with Crippen LogP contribution in [0.2, 0.25) is 0 Å². The van der Waals surface area contributed by atoms with Gasteiger partial charge < -0.3 is 13.1 Å². The SMILES string of the molecule is CC(C)(C)C(C(=O)O)(C(=O)O)c1ccccc1.[Ba+2].[H-].[H-]. The normalized spacial score (nSPS) is 11.5. The molecule has 0 radical (unpaired) electrons. The van der Waals surface area contributed by atoms with Crippen LogP contribution in [0.4, 0.5) is 0 Å². The maximum Gasteiger partial charge on any atom is 2.00 e. The maximum absolute atomic E-state index is 11.5. The number of hydrogen-bond acceptors (Lipinski definition) is 2. The van der Waals surface area contributed by atoms with Crippen molar-refractivity contribution in [3.05, 3.63) is 35.9 Å². The van der Waals surface area contributed by atoms with E-state index in [1.54, 1.807) is 39.0 Å². The summed E-state index contributed by atoms with van der Waals surface area (Å²) in [5, 5.41) is 18.8. The molecule has 96 valence electrons. The van der Waals surface area contributed by atoms with E-state index in [1.165, 1.54) is 12.1 Å². The minimum Gasteiger partial charge on any atom is -1.00 e. The van der Waals surface area contributed by atoms with Gasteiger partial charge in [-0.3, -0.25) is 9.59 Å². The third-order valence-corrected chi connectivity index (χ3v) is 2.97. The Kier molecular flexibility index (Phi) is 6.16. The summed E-state index contributed by atoms with van der Waals surface area (Å²) >= 11 is 0. The summed E-state index contributed by atoms with van der Waals surface area (Å²) < 4.78 is 0. The molecule has 4 nitrogen and oxygen atoms in total. The van der Waals surface area contributed by atoms with Gasteiger partial charge in [0.15, 0.2) is 5.41 Å². The van der Waals surface area contributed by atoms with Crippen LogP contribution in [-0.2, 0) is 15.0 Å². The summed E-state index contributed by atoms with van der Waals surface area (Å²) in [5.41, 5.74) is -2.59. The number of carboxylic acid groups (broad SMARTS) is 2. The fourth-order valence-corrected chi connectivity index (χ4v) is 2.10. The monoisotopic (exact) mass is 376 g/mol. The molecule has 1 aromatic carbocycles. The molecule has 1 aromatic rings. The van der Waals surface area contributed by atoms with E-state index < -0.39 is 22.8 Å². The number of benzene rings is 1. The van der Waals surface area contributed by atoms with Crippen molar-refractivity contribution >= 4 is 60.8 Å². The Morgan fingerprint density at radius 2 is 1.39 bits per heavy atom. The van der Waals surface area contributed by atoms with Crippen molar-refractivity contribution in [2.45, 2.75) is 26.2 Å². The van der Waals surface area contributed by atoms with Crippen LogP contribution in [0.3, 0.4) is 0 Å². The molecule has 0 unspecified atom stereocenters. The van der Waals surface area contributed by atoms with E-state index in [0.29, 0.717) is 0 Å². The van der Waals surface area contributed by atoms with Gasteiger partial charge in [-0.25, -0.2) is 0 Å². The third-order valence-electron chi connectivity index (χ3n) is 2.97. The van der Waals surface area contributed by atoms with E-state index in [0.717, 1.165) is 0 Å². The Bertz CT molecular complexity index is 429. The van der Waals surface area contributed by atoms with E-state index in [2.05, 4.69) is 0 Å². The van der Waals surface area contributed by atoms with Crippen LogP contribution in [0.5, 0.6) is 0 Å². The van der Waals surface area contributed by atoms with Crippen molar-refractivity contribution in [3.63, 3.8) is 0 Å². The molecule has 18 heavy (non-hydrogen) atoms. The van der Waals surface area contributed by atoms with Crippen molar-refractivity contribution in [1.29, 1.82) is 0 Å². The predicted octanol–water partition coefficient (Wildman–Crippen LogP) is 1.98. The van der Waals surface area contributed by atoms with Crippen LogP contribution in [0, 0.1) is 5.41 Å². The van der Waals surface area contributed by atoms with Crippen molar-refractivity contribution in [1.82, 2.24) is 0 Å². The van der Waals surface area contributed by atoms with E-state index in [1.807, 2.05) is 0 Å². The Balaban J connectivity index is -0.000000963. The Hall–Kier alpha value is -0.269. The molecule has 0 spiro atoms. The summed E-state index contributed by atoms with van der Waals surface area (Å²) in [6, 6.07) is 8.07. The molecule has 0 saturated carbocycles. The molecule has 2 N–H and O–H groups in total. The van der Waals surface area contributed by atoms with Gasteiger partial charge in [-0.2, -0.15) is 0 Å². The number of rotatable bonds is 3. The summed E-state index contributed by atoms with van der Waals surface area (Å²) in [7, 11) is 0. The van der Waals surface area contributed by atoms with Crippen LogP contribution < -0.4 is 0 Å². The Morgan fingerprint density at radius 1 is 1.00 bits per heavy atom. The molecule has 0 saturated heterocycles. The second-order valence-electron chi connectivity index (χ2n) is 4.98. The minimum atomic E-state index is -1.94. The van der Waals surface area contributed by atoms with Crippen molar-refractivity contribution in [2.75, 3.05) is 0 Å². The van der Waals surface area contributed by atoms with Gasteiger partial charge in [-0.1, -0.05) is 51.1 Å². The molecular weight excluding hydrogens is 357 g/mol. The van der Waals surface area contributed by atoms with Gasteiger partial charge in [0.25, 0.3) is 0 Å². The predicted molar refractivity (Wildman–Crippen MR) is 70.8 cm³/mol. The van der Waals surface area contributed by atoms with Crippen molar-refractivity contribution in [3.8, 4) is 0 Å². The smallest absolute Gasteiger partial charge is 1.00 e. The largest absolute Gasteiger partial charge is 2.00 e. The van der Waals surface area contributed by atoms with Gasteiger partial charge in [-0.05, 0) is 11.0 Å². The van der Waals surface area contributed by atoms with Crippen LogP contribution >= 0.6 is 0 Å². The molecule has 0 bridgehead atoms. The molecule has 0 atom stereocenters. The molecule has 5 heteroatoms. The molecule has 0 aliphatic rings. The van der Waals surface area contributed by atoms with Crippen LogP contribution in [-0.4, -0.2) is 71.0 Å². The second-order valence-corrected chi connectivity index (χ2v) is 4.98. The Morgan fingerprint density at radius 3 is 1.67 bits per heavy atom. The fourth-order valence-electron chi connectivity index (χ4n) is 2.10. The van der Waals surface area contributed by atoms with Crippen molar-refractivity contribution < 1.29 is 22.7 Å². The van der Waals surface area contributed by atoms with Gasteiger partial charge in [-0.15, -0.1) is 0 Å². The zero-order valence-electron chi connectivity index (χ0n) is 12.8. The fraction of sp³-hybridized carbons (Fsp3) is 0.385. The molecule has 0 fully saturated rings. The maximum atomic E-state index is 11.5. The minimum absolute atomic E-state index is 0. The zero-order chi connectivity index (χ0) is 13.3. The first-order valence-corrected chi connectivity index (χ1v) is 5.27. The van der Waals surface area contributed by atoms with Gasteiger partial charge in [0, 0.05) is 0 Å². The Labute approximate surface area is 149 Å². The quantitative estimate of drug-likeness (QED) is 0.626. The number of carboxylic acids is 2. The molecule has 0 amide bonds. The number of hydrogen-bond donors (Lipinski definition) is 2. The number of carbonyl (C=O) groups is 2. The molecule has 0 aromatic heterocycles. The average molecular weight is 376 g/mol. The van der Waals surface area contributed by atoms with E-state index in [4.69, 9.17) is 0 Å². The summed E-state index contributed by atoms with van der Waals surface area (Å²) in [6.07, 6.45) is 0. The first-order chi connectivity index (χ1) is 7.74. The zero-order valence-corrected chi connectivity index (χ0v) is 15.2. The van der Waals surface area contributed by atoms with Gasteiger partial charge >= 0.3 is 60.8 Å². The molecule has 0 aliphatic heterocycles. The van der Waals surface area contributed by atoms with E-state index in [9.17, 15) is 19.8 Å². The standard InChI is InChI=1S/C13H16O4.Ba.2H/c1-12(2,3)13(10(14)15,11(16)17)9-7-5-4-6-8-9;;;/h4-8H,1-3H3,(H,14,15)(H,16,17);;;/q;+2;2*-1. The van der Waals surface area contributed by atoms with Gasteiger partial charge in [0.05, 0.1) is 0 Å². The van der Waals surface area contributed by atoms with Crippen LogP contribution in [0.25, 0.3) is 0 Å². The molecular formula is C13H18BaO4. The second kappa shape index (κ2) is 6.25.